The number of carbonyl (C=O) groups excluding carboxylic acids is 1. The van der Waals surface area contributed by atoms with Crippen LogP contribution in [0.25, 0.3) is 10.9 Å². The van der Waals surface area contributed by atoms with E-state index in [2.05, 4.69) is 15.5 Å². The van der Waals surface area contributed by atoms with Crippen LogP contribution in [0.5, 0.6) is 0 Å². The van der Waals surface area contributed by atoms with Gasteiger partial charge in [-0.05, 0) is 42.7 Å². The van der Waals surface area contributed by atoms with Crippen LogP contribution in [0.3, 0.4) is 0 Å². The predicted octanol–water partition coefficient (Wildman–Crippen LogP) is 4.02. The molecule has 1 saturated carbocycles. The summed E-state index contributed by atoms with van der Waals surface area (Å²) in [4.78, 5) is 17.2. The third-order valence-electron chi connectivity index (χ3n) is 4.23. The molecule has 1 fully saturated rings. The predicted molar refractivity (Wildman–Crippen MR) is 95.2 cm³/mol. The second-order valence-corrected chi connectivity index (χ2v) is 6.14. The van der Waals surface area contributed by atoms with E-state index < -0.39 is 0 Å². The van der Waals surface area contributed by atoms with E-state index in [9.17, 15) is 9.18 Å². The van der Waals surface area contributed by atoms with E-state index in [1.807, 2.05) is 30.3 Å². The van der Waals surface area contributed by atoms with Gasteiger partial charge in [0.2, 0.25) is 0 Å². The van der Waals surface area contributed by atoms with Crippen molar-refractivity contribution >= 4 is 23.0 Å². The van der Waals surface area contributed by atoms with Gasteiger partial charge in [-0.3, -0.25) is 9.78 Å². The smallest absolute Gasteiger partial charge is 0.267 e. The van der Waals surface area contributed by atoms with Crippen LogP contribution in [0.15, 0.2) is 59.7 Å². The summed E-state index contributed by atoms with van der Waals surface area (Å²) in [6, 6.07) is 15.4. The summed E-state index contributed by atoms with van der Waals surface area (Å²) >= 11 is 0. The van der Waals surface area contributed by atoms with Crippen molar-refractivity contribution < 1.29 is 9.18 Å². The van der Waals surface area contributed by atoms with Crippen LogP contribution >= 0.6 is 0 Å². The van der Waals surface area contributed by atoms with Crippen molar-refractivity contribution in [3.8, 4) is 0 Å². The third-order valence-corrected chi connectivity index (χ3v) is 4.23. The normalized spacial score (nSPS) is 14.1. The van der Waals surface area contributed by atoms with E-state index in [0.717, 1.165) is 29.4 Å². The molecule has 0 saturated heterocycles. The Labute approximate surface area is 144 Å². The maximum Gasteiger partial charge on any atom is 0.272 e. The number of pyridine rings is 1. The molecular weight excluding hydrogens is 317 g/mol. The SMILES string of the molecule is O=C(NN=Cc1ccc(F)cc1)c1cc(C2CC2)nc2ccccc12. The molecule has 0 unspecified atom stereocenters. The topological polar surface area (TPSA) is 54.4 Å². The Hall–Kier alpha value is -3.08. The van der Waals surface area contributed by atoms with E-state index in [4.69, 9.17) is 0 Å². The lowest BCUT2D eigenvalue weighted by atomic mass is 10.1. The Bertz CT molecular complexity index is 962. The van der Waals surface area contributed by atoms with Crippen molar-refractivity contribution in [1.29, 1.82) is 0 Å². The minimum absolute atomic E-state index is 0.279. The van der Waals surface area contributed by atoms with Gasteiger partial charge < -0.3 is 0 Å². The first-order valence-corrected chi connectivity index (χ1v) is 8.19. The first kappa shape index (κ1) is 15.4. The molecular formula is C20H16FN3O. The molecule has 1 aliphatic carbocycles. The minimum Gasteiger partial charge on any atom is -0.267 e. The van der Waals surface area contributed by atoms with E-state index in [0.29, 0.717) is 17.0 Å². The molecule has 124 valence electrons. The number of para-hydroxylation sites is 1. The Morgan fingerprint density at radius 3 is 2.68 bits per heavy atom. The fraction of sp³-hybridized carbons (Fsp3) is 0.150. The number of rotatable bonds is 4. The molecule has 25 heavy (non-hydrogen) atoms. The van der Waals surface area contributed by atoms with Gasteiger partial charge in [-0.1, -0.05) is 30.3 Å². The van der Waals surface area contributed by atoms with Crippen molar-refractivity contribution in [3.63, 3.8) is 0 Å². The highest BCUT2D eigenvalue weighted by Gasteiger charge is 2.26. The summed E-state index contributed by atoms with van der Waals surface area (Å²) in [6.07, 6.45) is 3.73. The van der Waals surface area contributed by atoms with Crippen LogP contribution in [0.4, 0.5) is 4.39 Å². The molecule has 0 aliphatic heterocycles. The Morgan fingerprint density at radius 2 is 1.92 bits per heavy atom. The molecule has 2 aromatic carbocycles. The molecule has 4 nitrogen and oxygen atoms in total. The van der Waals surface area contributed by atoms with E-state index in [-0.39, 0.29) is 11.7 Å². The van der Waals surface area contributed by atoms with Gasteiger partial charge in [0.15, 0.2) is 0 Å². The summed E-state index contributed by atoms with van der Waals surface area (Å²) in [7, 11) is 0. The van der Waals surface area contributed by atoms with Crippen LogP contribution in [0, 0.1) is 5.82 Å². The zero-order valence-electron chi connectivity index (χ0n) is 13.4. The highest BCUT2D eigenvalue weighted by molar-refractivity contribution is 6.06. The summed E-state index contributed by atoms with van der Waals surface area (Å²) in [5.74, 6) is -0.130. The molecule has 1 heterocycles. The zero-order valence-corrected chi connectivity index (χ0v) is 13.4. The molecule has 1 aromatic heterocycles. The van der Waals surface area contributed by atoms with Gasteiger partial charge in [-0.15, -0.1) is 0 Å². The number of carbonyl (C=O) groups is 1. The molecule has 5 heteroatoms. The van der Waals surface area contributed by atoms with Gasteiger partial charge in [0.1, 0.15) is 5.82 Å². The number of hydrazone groups is 1. The molecule has 1 N–H and O–H groups in total. The van der Waals surface area contributed by atoms with E-state index >= 15 is 0 Å². The lowest BCUT2D eigenvalue weighted by Crippen LogP contribution is -2.18. The number of nitrogens with one attached hydrogen (secondary N) is 1. The molecule has 1 aliphatic rings. The quantitative estimate of drug-likeness (QED) is 0.579. The molecule has 1 amide bonds. The summed E-state index contributed by atoms with van der Waals surface area (Å²) in [5.41, 5.74) is 5.61. The monoisotopic (exact) mass is 333 g/mol. The van der Waals surface area contributed by atoms with Gasteiger partial charge in [0.05, 0.1) is 17.3 Å². The lowest BCUT2D eigenvalue weighted by molar-refractivity contribution is 0.0956. The van der Waals surface area contributed by atoms with E-state index in [1.54, 1.807) is 12.1 Å². The maximum absolute atomic E-state index is 12.9. The lowest BCUT2D eigenvalue weighted by Gasteiger charge is -2.08. The molecule has 0 spiro atoms. The molecule has 4 rings (SSSR count). The van der Waals surface area contributed by atoms with Crippen LogP contribution < -0.4 is 5.43 Å². The fourth-order valence-corrected chi connectivity index (χ4v) is 2.75. The van der Waals surface area contributed by atoms with Gasteiger partial charge in [0.25, 0.3) is 5.91 Å². The van der Waals surface area contributed by atoms with Crippen LogP contribution in [-0.2, 0) is 0 Å². The summed E-state index contributed by atoms with van der Waals surface area (Å²) in [6.45, 7) is 0. The Balaban J connectivity index is 1.59. The summed E-state index contributed by atoms with van der Waals surface area (Å²) < 4.78 is 12.9. The average molecular weight is 333 g/mol. The van der Waals surface area contributed by atoms with Crippen LogP contribution in [0.1, 0.15) is 40.4 Å². The zero-order chi connectivity index (χ0) is 17.2. The second-order valence-electron chi connectivity index (χ2n) is 6.14. The number of halogens is 1. The first-order valence-electron chi connectivity index (χ1n) is 8.19. The minimum atomic E-state index is -0.308. The number of aromatic nitrogens is 1. The Morgan fingerprint density at radius 1 is 1.16 bits per heavy atom. The Kier molecular flexibility index (Phi) is 3.98. The van der Waals surface area contributed by atoms with Crippen molar-refractivity contribution in [1.82, 2.24) is 10.4 Å². The number of benzene rings is 2. The van der Waals surface area contributed by atoms with Crippen molar-refractivity contribution in [3.05, 3.63) is 77.2 Å². The maximum atomic E-state index is 12.9. The number of fused-ring (bicyclic) bond motifs is 1. The highest BCUT2D eigenvalue weighted by atomic mass is 19.1. The van der Waals surface area contributed by atoms with Crippen molar-refractivity contribution in [2.75, 3.05) is 0 Å². The summed E-state index contributed by atoms with van der Waals surface area (Å²) in [5, 5.41) is 4.78. The average Bonchev–Trinajstić information content (AvgIpc) is 3.47. The number of hydrogen-bond donors (Lipinski definition) is 1. The second kappa shape index (κ2) is 6.43. The van der Waals surface area contributed by atoms with E-state index in [1.165, 1.54) is 18.3 Å². The van der Waals surface area contributed by atoms with Gasteiger partial charge >= 0.3 is 0 Å². The standard InChI is InChI=1S/C20H16FN3O/c21-15-9-5-13(6-10-15)12-22-24-20(25)17-11-19(14-7-8-14)23-18-4-2-1-3-16(17)18/h1-6,9-12,14H,7-8H2,(H,24,25). The first-order chi connectivity index (χ1) is 12.2. The molecule has 0 atom stereocenters. The number of nitrogens with zero attached hydrogens (tertiary/aromatic N) is 2. The van der Waals surface area contributed by atoms with Crippen molar-refractivity contribution in [2.45, 2.75) is 18.8 Å². The number of amides is 1. The van der Waals surface area contributed by atoms with Gasteiger partial charge in [-0.25, -0.2) is 9.82 Å². The number of hydrogen-bond acceptors (Lipinski definition) is 3. The third kappa shape index (κ3) is 3.40. The molecule has 3 aromatic rings. The van der Waals surface area contributed by atoms with Gasteiger partial charge in [0, 0.05) is 17.0 Å². The molecule has 0 radical (unpaired) electrons. The fourth-order valence-electron chi connectivity index (χ4n) is 2.75. The highest BCUT2D eigenvalue weighted by Crippen LogP contribution is 2.40. The van der Waals surface area contributed by atoms with Crippen LogP contribution in [0.2, 0.25) is 0 Å². The van der Waals surface area contributed by atoms with Crippen molar-refractivity contribution in [2.24, 2.45) is 5.10 Å². The van der Waals surface area contributed by atoms with Gasteiger partial charge in [-0.2, -0.15) is 5.10 Å². The largest absolute Gasteiger partial charge is 0.272 e. The molecule has 0 bridgehead atoms. The van der Waals surface area contributed by atoms with Crippen LogP contribution in [-0.4, -0.2) is 17.1 Å².